The quantitative estimate of drug-likeness (QED) is 0.751. The smallest absolute Gasteiger partial charge is 0.320 e. The van der Waals surface area contributed by atoms with E-state index >= 15 is 0 Å². The molecule has 25 heavy (non-hydrogen) atoms. The van der Waals surface area contributed by atoms with Crippen LogP contribution < -0.4 is 15.4 Å². The number of carbonyl (C=O) groups is 1. The fraction of sp³-hybridized carbons (Fsp3) is 0.158. The minimum absolute atomic E-state index is 0.296. The van der Waals surface area contributed by atoms with Crippen LogP contribution in [-0.2, 0) is 7.05 Å². The number of nitrogens with zero attached hydrogens (tertiary/aromatic N) is 2. The molecule has 3 rings (SSSR count). The van der Waals surface area contributed by atoms with E-state index in [1.165, 1.54) is 0 Å². The summed E-state index contributed by atoms with van der Waals surface area (Å²) >= 11 is 0. The number of rotatable bonds is 5. The van der Waals surface area contributed by atoms with Gasteiger partial charge < -0.3 is 19.9 Å². The first-order valence-corrected chi connectivity index (χ1v) is 7.91. The van der Waals surface area contributed by atoms with E-state index in [-0.39, 0.29) is 12.1 Å². The van der Waals surface area contributed by atoms with Gasteiger partial charge in [0.1, 0.15) is 17.6 Å². The van der Waals surface area contributed by atoms with Crippen LogP contribution >= 0.6 is 0 Å². The molecule has 0 saturated carbocycles. The van der Waals surface area contributed by atoms with Crippen LogP contribution in [0.25, 0.3) is 0 Å². The van der Waals surface area contributed by atoms with E-state index in [2.05, 4.69) is 15.6 Å². The number of ether oxygens (including phenoxy) is 1. The number of imidazole rings is 1. The number of hydrogen-bond donors (Lipinski definition) is 2. The second kappa shape index (κ2) is 7.53. The number of nitrogens with one attached hydrogen (secondary N) is 2. The van der Waals surface area contributed by atoms with Crippen molar-refractivity contribution in [2.24, 2.45) is 7.05 Å². The minimum atomic E-state index is -0.380. The Kier molecular flexibility index (Phi) is 4.99. The molecule has 0 bridgehead atoms. The number of anilines is 1. The summed E-state index contributed by atoms with van der Waals surface area (Å²) in [6, 6.07) is 16.2. The van der Waals surface area contributed by atoms with Crippen molar-refractivity contribution in [3.8, 4) is 5.75 Å². The molecule has 0 aliphatic rings. The monoisotopic (exact) mass is 336 g/mol. The van der Waals surface area contributed by atoms with E-state index in [0.717, 1.165) is 22.8 Å². The highest BCUT2D eigenvalue weighted by molar-refractivity contribution is 5.89. The lowest BCUT2D eigenvalue weighted by Gasteiger charge is -2.20. The third kappa shape index (κ3) is 3.98. The van der Waals surface area contributed by atoms with Crippen LogP contribution in [0.2, 0.25) is 0 Å². The molecule has 0 unspecified atom stereocenters. The van der Waals surface area contributed by atoms with Crippen molar-refractivity contribution in [1.29, 1.82) is 0 Å². The molecule has 1 heterocycles. The van der Waals surface area contributed by atoms with Crippen LogP contribution in [-0.4, -0.2) is 22.7 Å². The van der Waals surface area contributed by atoms with Crippen molar-refractivity contribution in [2.75, 3.05) is 12.4 Å². The number of aryl methyl sites for hydroxylation is 1. The number of amides is 2. The number of carbonyl (C=O) groups excluding carboxylic acids is 1. The van der Waals surface area contributed by atoms with Crippen LogP contribution in [0.5, 0.6) is 5.75 Å². The molecular weight excluding hydrogens is 316 g/mol. The van der Waals surface area contributed by atoms with Crippen molar-refractivity contribution in [1.82, 2.24) is 14.9 Å². The van der Waals surface area contributed by atoms with Crippen LogP contribution in [0.1, 0.15) is 17.4 Å². The van der Waals surface area contributed by atoms with E-state index in [1.54, 1.807) is 13.3 Å². The maximum absolute atomic E-state index is 12.4. The second-order valence-corrected chi connectivity index (χ2v) is 5.57. The summed E-state index contributed by atoms with van der Waals surface area (Å²) in [5, 5.41) is 5.82. The van der Waals surface area contributed by atoms with Crippen molar-refractivity contribution in [3.63, 3.8) is 0 Å². The van der Waals surface area contributed by atoms with Gasteiger partial charge in [-0.2, -0.15) is 0 Å². The zero-order valence-electron chi connectivity index (χ0n) is 14.1. The number of para-hydroxylation sites is 1. The molecule has 128 valence electrons. The first-order chi connectivity index (χ1) is 12.2. The first kappa shape index (κ1) is 16.6. The van der Waals surface area contributed by atoms with Gasteiger partial charge in [-0.15, -0.1) is 0 Å². The highest BCUT2D eigenvalue weighted by atomic mass is 16.5. The van der Waals surface area contributed by atoms with Gasteiger partial charge in [-0.3, -0.25) is 0 Å². The summed E-state index contributed by atoms with van der Waals surface area (Å²) in [6.45, 7) is 0. The van der Waals surface area contributed by atoms with Crippen molar-refractivity contribution >= 4 is 11.7 Å². The number of urea groups is 1. The normalized spacial score (nSPS) is 11.6. The standard InChI is InChI=1S/C19H20N4O2/c1-23-13-12-20-18(23)17(14-8-10-16(25-2)11-9-14)22-19(24)21-15-6-4-3-5-7-15/h3-13,17H,1-2H3,(H2,21,22,24)/t17-/m1/s1. The summed E-state index contributed by atoms with van der Waals surface area (Å²) in [7, 11) is 3.52. The first-order valence-electron chi connectivity index (χ1n) is 7.91. The Labute approximate surface area is 146 Å². The van der Waals surface area contributed by atoms with Gasteiger partial charge in [-0.1, -0.05) is 30.3 Å². The maximum atomic E-state index is 12.4. The third-order valence-electron chi connectivity index (χ3n) is 3.87. The van der Waals surface area contributed by atoms with Gasteiger partial charge in [0.15, 0.2) is 0 Å². The van der Waals surface area contributed by atoms with Crippen LogP contribution in [0.3, 0.4) is 0 Å². The van der Waals surface area contributed by atoms with E-state index in [4.69, 9.17) is 4.74 Å². The van der Waals surface area contributed by atoms with Gasteiger partial charge in [0.05, 0.1) is 7.11 Å². The van der Waals surface area contributed by atoms with E-state index in [0.29, 0.717) is 0 Å². The van der Waals surface area contributed by atoms with E-state index in [9.17, 15) is 4.79 Å². The molecule has 6 heteroatoms. The van der Waals surface area contributed by atoms with Crippen molar-refractivity contribution in [3.05, 3.63) is 78.4 Å². The largest absolute Gasteiger partial charge is 0.497 e. The molecule has 0 saturated heterocycles. The fourth-order valence-electron chi connectivity index (χ4n) is 2.57. The molecule has 2 aromatic carbocycles. The average molecular weight is 336 g/mol. The van der Waals surface area contributed by atoms with Gasteiger partial charge in [0, 0.05) is 25.1 Å². The third-order valence-corrected chi connectivity index (χ3v) is 3.87. The lowest BCUT2D eigenvalue weighted by molar-refractivity contribution is 0.249. The molecule has 2 N–H and O–H groups in total. The lowest BCUT2D eigenvalue weighted by Crippen LogP contribution is -2.34. The van der Waals surface area contributed by atoms with Gasteiger partial charge in [-0.25, -0.2) is 9.78 Å². The highest BCUT2D eigenvalue weighted by Crippen LogP contribution is 2.23. The van der Waals surface area contributed by atoms with E-state index in [1.807, 2.05) is 72.4 Å². The topological polar surface area (TPSA) is 68.2 Å². The molecule has 1 atom stereocenters. The van der Waals surface area contributed by atoms with Crippen LogP contribution in [0.15, 0.2) is 67.0 Å². The van der Waals surface area contributed by atoms with Gasteiger partial charge >= 0.3 is 6.03 Å². The number of benzene rings is 2. The molecule has 0 radical (unpaired) electrons. The molecule has 3 aromatic rings. The summed E-state index contributed by atoms with van der Waals surface area (Å²) in [5.41, 5.74) is 1.65. The van der Waals surface area contributed by atoms with Crippen molar-refractivity contribution < 1.29 is 9.53 Å². The van der Waals surface area contributed by atoms with Gasteiger partial charge in [0.25, 0.3) is 0 Å². The van der Waals surface area contributed by atoms with Crippen LogP contribution in [0.4, 0.5) is 10.5 Å². The Morgan fingerprint density at radius 2 is 1.84 bits per heavy atom. The van der Waals surface area contributed by atoms with Crippen molar-refractivity contribution in [2.45, 2.75) is 6.04 Å². The lowest BCUT2D eigenvalue weighted by atomic mass is 10.1. The molecule has 0 spiro atoms. The minimum Gasteiger partial charge on any atom is -0.497 e. The maximum Gasteiger partial charge on any atom is 0.320 e. The summed E-state index contributed by atoms with van der Waals surface area (Å²) in [6.07, 6.45) is 3.56. The summed E-state index contributed by atoms with van der Waals surface area (Å²) in [4.78, 5) is 16.8. The predicted octanol–water partition coefficient (Wildman–Crippen LogP) is 3.34. The SMILES string of the molecule is COc1ccc([C@@H](NC(=O)Nc2ccccc2)c2nccn2C)cc1. The Bertz CT molecular complexity index is 828. The Morgan fingerprint density at radius 1 is 1.12 bits per heavy atom. The molecule has 0 aliphatic heterocycles. The highest BCUT2D eigenvalue weighted by Gasteiger charge is 2.20. The van der Waals surface area contributed by atoms with Gasteiger partial charge in [0.2, 0.25) is 0 Å². The number of aromatic nitrogens is 2. The molecular formula is C19H20N4O2. The van der Waals surface area contributed by atoms with E-state index < -0.39 is 0 Å². The second-order valence-electron chi connectivity index (χ2n) is 5.57. The number of methoxy groups -OCH3 is 1. The molecule has 2 amide bonds. The molecule has 0 aliphatic carbocycles. The van der Waals surface area contributed by atoms with Gasteiger partial charge in [-0.05, 0) is 29.8 Å². The molecule has 0 fully saturated rings. The zero-order chi connectivity index (χ0) is 17.6. The zero-order valence-corrected chi connectivity index (χ0v) is 14.1. The molecule has 1 aromatic heterocycles. The number of hydrogen-bond acceptors (Lipinski definition) is 3. The predicted molar refractivity (Wildman–Crippen MR) is 96.6 cm³/mol. The fourth-order valence-corrected chi connectivity index (χ4v) is 2.57. The Morgan fingerprint density at radius 3 is 2.44 bits per heavy atom. The Hall–Kier alpha value is -3.28. The summed E-state index contributed by atoms with van der Waals surface area (Å²) in [5.74, 6) is 1.50. The molecule has 6 nitrogen and oxygen atoms in total. The average Bonchev–Trinajstić information content (AvgIpc) is 3.06. The Balaban J connectivity index is 1.83. The summed E-state index contributed by atoms with van der Waals surface area (Å²) < 4.78 is 7.09. The van der Waals surface area contributed by atoms with Crippen LogP contribution in [0, 0.1) is 0 Å².